The lowest BCUT2D eigenvalue weighted by Crippen LogP contribution is -2.43. The maximum absolute atomic E-state index is 10.1. The van der Waals surface area contributed by atoms with Crippen LogP contribution in [0, 0.1) is 6.92 Å². The van der Waals surface area contributed by atoms with E-state index in [4.69, 9.17) is 0 Å². The van der Waals surface area contributed by atoms with Crippen molar-refractivity contribution in [2.75, 3.05) is 11.4 Å². The minimum absolute atomic E-state index is 0.123. The maximum Gasteiger partial charge on any atom is 0.0743 e. The SMILES string of the molecule is Cc1ccc2c(c1)CCCN2[C@H]1CCC[C@@H]1O. The van der Waals surface area contributed by atoms with Gasteiger partial charge in [-0.1, -0.05) is 17.7 Å². The highest BCUT2D eigenvalue weighted by Gasteiger charge is 2.32. The number of rotatable bonds is 1. The second-order valence-corrected chi connectivity index (χ2v) is 5.49. The molecule has 0 saturated heterocycles. The van der Waals surface area contributed by atoms with E-state index < -0.39 is 0 Å². The summed E-state index contributed by atoms with van der Waals surface area (Å²) < 4.78 is 0. The van der Waals surface area contributed by atoms with E-state index >= 15 is 0 Å². The Hall–Kier alpha value is -1.02. The van der Waals surface area contributed by atoms with Crippen molar-refractivity contribution in [2.45, 2.75) is 51.2 Å². The third-order valence-corrected chi connectivity index (χ3v) is 4.23. The van der Waals surface area contributed by atoms with E-state index in [0.29, 0.717) is 6.04 Å². The van der Waals surface area contributed by atoms with E-state index in [-0.39, 0.29) is 6.10 Å². The summed E-state index contributed by atoms with van der Waals surface area (Å²) in [5.74, 6) is 0. The van der Waals surface area contributed by atoms with Crippen LogP contribution in [0.5, 0.6) is 0 Å². The van der Waals surface area contributed by atoms with Crippen LogP contribution < -0.4 is 4.90 Å². The van der Waals surface area contributed by atoms with Crippen LogP contribution in [0.15, 0.2) is 18.2 Å². The predicted molar refractivity (Wildman–Crippen MR) is 70.5 cm³/mol. The molecule has 2 nitrogen and oxygen atoms in total. The maximum atomic E-state index is 10.1. The minimum Gasteiger partial charge on any atom is -0.391 e. The van der Waals surface area contributed by atoms with Crippen molar-refractivity contribution in [3.63, 3.8) is 0 Å². The second-order valence-electron chi connectivity index (χ2n) is 5.49. The first-order chi connectivity index (χ1) is 8.25. The number of aliphatic hydroxyl groups excluding tert-OH is 1. The van der Waals surface area contributed by atoms with Crippen LogP contribution in [-0.4, -0.2) is 23.8 Å². The standard InChI is InChI=1S/C15H21NO/c1-11-7-8-13-12(10-11)4-3-9-16(13)14-5-2-6-15(14)17/h7-8,10,14-15,17H,2-6,9H2,1H3/t14-,15-/m0/s1. The van der Waals surface area contributed by atoms with Crippen LogP contribution >= 0.6 is 0 Å². The summed E-state index contributed by atoms with van der Waals surface area (Å²) in [5, 5.41) is 10.1. The molecule has 2 heteroatoms. The van der Waals surface area contributed by atoms with Crippen molar-refractivity contribution in [2.24, 2.45) is 0 Å². The van der Waals surface area contributed by atoms with Gasteiger partial charge in [0.15, 0.2) is 0 Å². The third-order valence-electron chi connectivity index (χ3n) is 4.23. The van der Waals surface area contributed by atoms with Crippen molar-refractivity contribution in [3.05, 3.63) is 29.3 Å². The van der Waals surface area contributed by atoms with Gasteiger partial charge in [0, 0.05) is 12.2 Å². The molecule has 1 aromatic carbocycles. The highest BCUT2D eigenvalue weighted by molar-refractivity contribution is 5.57. The molecule has 1 aliphatic heterocycles. The van der Waals surface area contributed by atoms with Crippen molar-refractivity contribution in [3.8, 4) is 0 Å². The normalized spacial score (nSPS) is 28.2. The zero-order valence-electron chi connectivity index (χ0n) is 10.5. The summed E-state index contributed by atoms with van der Waals surface area (Å²) in [5.41, 5.74) is 4.18. The van der Waals surface area contributed by atoms with Gasteiger partial charge in [-0.05, 0) is 50.7 Å². The molecule has 0 radical (unpaired) electrons. The molecule has 92 valence electrons. The lowest BCUT2D eigenvalue weighted by molar-refractivity contribution is 0.160. The molecule has 1 saturated carbocycles. The molecule has 17 heavy (non-hydrogen) atoms. The first-order valence-electron chi connectivity index (χ1n) is 6.80. The fraction of sp³-hybridized carbons (Fsp3) is 0.600. The van der Waals surface area contributed by atoms with Gasteiger partial charge in [-0.2, -0.15) is 0 Å². The van der Waals surface area contributed by atoms with Crippen molar-refractivity contribution < 1.29 is 5.11 Å². The predicted octanol–water partition coefficient (Wildman–Crippen LogP) is 2.66. The molecule has 1 fully saturated rings. The number of aliphatic hydroxyl groups is 1. The smallest absolute Gasteiger partial charge is 0.0743 e. The molecule has 1 aromatic rings. The molecule has 0 amide bonds. The average Bonchev–Trinajstić information content (AvgIpc) is 2.74. The summed E-state index contributed by atoms with van der Waals surface area (Å²) in [6.07, 6.45) is 5.58. The van der Waals surface area contributed by atoms with Crippen LogP contribution in [0.25, 0.3) is 0 Å². The summed E-state index contributed by atoms with van der Waals surface area (Å²) in [6, 6.07) is 7.10. The first kappa shape index (κ1) is 11.1. The minimum atomic E-state index is -0.123. The first-order valence-corrected chi connectivity index (χ1v) is 6.80. The average molecular weight is 231 g/mol. The lowest BCUT2D eigenvalue weighted by atomic mass is 9.97. The Morgan fingerprint density at radius 2 is 2.12 bits per heavy atom. The molecule has 0 bridgehead atoms. The second kappa shape index (κ2) is 4.34. The molecule has 3 rings (SSSR count). The highest BCUT2D eigenvalue weighted by Crippen LogP contribution is 2.34. The van der Waals surface area contributed by atoms with E-state index in [1.807, 2.05) is 0 Å². The van der Waals surface area contributed by atoms with Gasteiger partial charge < -0.3 is 10.0 Å². The fourth-order valence-electron chi connectivity index (χ4n) is 3.38. The topological polar surface area (TPSA) is 23.5 Å². The fourth-order valence-corrected chi connectivity index (χ4v) is 3.38. The summed E-state index contributed by atoms with van der Waals surface area (Å²) >= 11 is 0. The van der Waals surface area contributed by atoms with Gasteiger partial charge in [0.05, 0.1) is 12.1 Å². The third kappa shape index (κ3) is 1.95. The Balaban J connectivity index is 1.93. The summed E-state index contributed by atoms with van der Waals surface area (Å²) in [7, 11) is 0. The molecular formula is C15H21NO. The summed E-state index contributed by atoms with van der Waals surface area (Å²) in [6.45, 7) is 3.27. The van der Waals surface area contributed by atoms with Gasteiger partial charge in [-0.3, -0.25) is 0 Å². The molecule has 2 aliphatic rings. The van der Waals surface area contributed by atoms with Gasteiger partial charge in [-0.25, -0.2) is 0 Å². The van der Waals surface area contributed by atoms with E-state index in [9.17, 15) is 5.11 Å². The van der Waals surface area contributed by atoms with E-state index in [1.165, 1.54) is 36.1 Å². The van der Waals surface area contributed by atoms with Crippen molar-refractivity contribution in [1.82, 2.24) is 0 Å². The van der Waals surface area contributed by atoms with E-state index in [0.717, 1.165) is 19.4 Å². The highest BCUT2D eigenvalue weighted by atomic mass is 16.3. The Morgan fingerprint density at radius 3 is 2.88 bits per heavy atom. The quantitative estimate of drug-likeness (QED) is 0.803. The lowest BCUT2D eigenvalue weighted by Gasteiger charge is -2.37. The van der Waals surface area contributed by atoms with Gasteiger partial charge in [0.1, 0.15) is 0 Å². The molecule has 0 unspecified atom stereocenters. The molecule has 1 N–H and O–H groups in total. The van der Waals surface area contributed by atoms with Crippen molar-refractivity contribution >= 4 is 5.69 Å². The number of fused-ring (bicyclic) bond motifs is 1. The largest absolute Gasteiger partial charge is 0.391 e. The number of anilines is 1. The number of benzene rings is 1. The van der Waals surface area contributed by atoms with E-state index in [2.05, 4.69) is 30.0 Å². The molecule has 1 aliphatic carbocycles. The molecule has 1 heterocycles. The van der Waals surface area contributed by atoms with Crippen LogP contribution in [0.3, 0.4) is 0 Å². The zero-order chi connectivity index (χ0) is 11.8. The number of hydrogen-bond acceptors (Lipinski definition) is 2. The monoisotopic (exact) mass is 231 g/mol. The molecule has 0 aromatic heterocycles. The van der Waals surface area contributed by atoms with Crippen LogP contribution in [-0.2, 0) is 6.42 Å². The molecular weight excluding hydrogens is 210 g/mol. The molecule has 0 spiro atoms. The Kier molecular flexibility index (Phi) is 2.83. The van der Waals surface area contributed by atoms with Gasteiger partial charge in [-0.15, -0.1) is 0 Å². The zero-order valence-corrected chi connectivity index (χ0v) is 10.5. The molecule has 2 atom stereocenters. The van der Waals surface area contributed by atoms with Crippen molar-refractivity contribution in [1.29, 1.82) is 0 Å². The van der Waals surface area contributed by atoms with Crippen LogP contribution in [0.4, 0.5) is 5.69 Å². The van der Waals surface area contributed by atoms with Gasteiger partial charge in [0.25, 0.3) is 0 Å². The summed E-state index contributed by atoms with van der Waals surface area (Å²) in [4.78, 5) is 2.45. The number of nitrogens with zero attached hydrogens (tertiary/aromatic N) is 1. The van der Waals surface area contributed by atoms with Gasteiger partial charge >= 0.3 is 0 Å². The van der Waals surface area contributed by atoms with Crippen LogP contribution in [0.2, 0.25) is 0 Å². The number of hydrogen-bond donors (Lipinski definition) is 1. The van der Waals surface area contributed by atoms with Crippen LogP contribution in [0.1, 0.15) is 36.8 Å². The Morgan fingerprint density at radius 1 is 1.24 bits per heavy atom. The van der Waals surface area contributed by atoms with Gasteiger partial charge in [0.2, 0.25) is 0 Å². The number of aryl methyl sites for hydroxylation is 2. The van der Waals surface area contributed by atoms with E-state index in [1.54, 1.807) is 0 Å². The Labute approximate surface area is 103 Å². The Bertz CT molecular complexity index is 415.